The summed E-state index contributed by atoms with van der Waals surface area (Å²) in [5.74, 6) is -0.789. The number of carbonyl (C=O) groups is 1. The molecule has 0 spiro atoms. The van der Waals surface area contributed by atoms with Gasteiger partial charge in [0, 0.05) is 4.47 Å². The predicted molar refractivity (Wildman–Crippen MR) is 82.7 cm³/mol. The van der Waals surface area contributed by atoms with E-state index in [2.05, 4.69) is 26.6 Å². The van der Waals surface area contributed by atoms with Gasteiger partial charge in [0.15, 0.2) is 0 Å². The second-order valence-electron chi connectivity index (χ2n) is 3.98. The van der Waals surface area contributed by atoms with E-state index >= 15 is 0 Å². The molecular formula is C14H11BrClFN2O. The Morgan fingerprint density at radius 2 is 1.95 bits per heavy atom. The van der Waals surface area contributed by atoms with Crippen LogP contribution in [0.25, 0.3) is 0 Å². The van der Waals surface area contributed by atoms with Gasteiger partial charge in [-0.1, -0.05) is 29.8 Å². The molecule has 0 heterocycles. The number of benzene rings is 2. The highest BCUT2D eigenvalue weighted by Crippen LogP contribution is 2.24. The molecule has 0 aliphatic carbocycles. The van der Waals surface area contributed by atoms with Crippen molar-refractivity contribution < 1.29 is 9.18 Å². The van der Waals surface area contributed by atoms with Crippen LogP contribution < -0.4 is 10.6 Å². The average Bonchev–Trinajstić information content (AvgIpc) is 2.41. The molecule has 0 aliphatic rings. The van der Waals surface area contributed by atoms with E-state index in [1.54, 1.807) is 12.1 Å². The minimum absolute atomic E-state index is 0.0814. The van der Waals surface area contributed by atoms with Crippen molar-refractivity contribution >= 4 is 44.8 Å². The van der Waals surface area contributed by atoms with Crippen LogP contribution in [-0.2, 0) is 4.79 Å². The maximum atomic E-state index is 13.5. The second-order valence-corrected chi connectivity index (χ2v) is 5.24. The summed E-state index contributed by atoms with van der Waals surface area (Å²) in [6.07, 6.45) is 0. The van der Waals surface area contributed by atoms with E-state index in [9.17, 15) is 9.18 Å². The molecule has 6 heteroatoms. The lowest BCUT2D eigenvalue weighted by Crippen LogP contribution is -2.22. The topological polar surface area (TPSA) is 41.1 Å². The molecule has 0 aromatic heterocycles. The zero-order chi connectivity index (χ0) is 14.5. The normalized spacial score (nSPS) is 10.2. The van der Waals surface area contributed by atoms with E-state index in [4.69, 9.17) is 11.6 Å². The van der Waals surface area contributed by atoms with Crippen molar-refractivity contribution in [3.63, 3.8) is 0 Å². The summed E-state index contributed by atoms with van der Waals surface area (Å²) in [7, 11) is 0. The minimum atomic E-state index is -0.494. The van der Waals surface area contributed by atoms with Gasteiger partial charge in [-0.3, -0.25) is 4.79 Å². The van der Waals surface area contributed by atoms with E-state index < -0.39 is 5.82 Å². The number of nitrogens with one attached hydrogen (secondary N) is 2. The number of rotatable bonds is 4. The molecule has 2 aromatic rings. The number of amides is 1. The maximum absolute atomic E-state index is 13.5. The Hall–Kier alpha value is -1.59. The molecule has 0 unspecified atom stereocenters. The van der Waals surface area contributed by atoms with Crippen molar-refractivity contribution in [2.45, 2.75) is 0 Å². The summed E-state index contributed by atoms with van der Waals surface area (Å²) in [4.78, 5) is 11.8. The summed E-state index contributed by atoms with van der Waals surface area (Å²) in [6.45, 7) is -0.0814. The fourth-order valence-corrected chi connectivity index (χ4v) is 2.21. The van der Waals surface area contributed by atoms with Crippen molar-refractivity contribution in [3.8, 4) is 0 Å². The first-order valence-electron chi connectivity index (χ1n) is 5.80. The first-order valence-corrected chi connectivity index (χ1v) is 6.97. The summed E-state index contributed by atoms with van der Waals surface area (Å²) < 4.78 is 14.3. The van der Waals surface area contributed by atoms with Gasteiger partial charge in [-0.25, -0.2) is 4.39 Å². The molecule has 0 bridgehead atoms. The van der Waals surface area contributed by atoms with Crippen molar-refractivity contribution in [3.05, 3.63) is 57.8 Å². The molecule has 0 radical (unpaired) electrons. The van der Waals surface area contributed by atoms with Gasteiger partial charge in [0.25, 0.3) is 0 Å². The Morgan fingerprint density at radius 3 is 2.65 bits per heavy atom. The highest BCUT2D eigenvalue weighted by molar-refractivity contribution is 9.10. The molecule has 0 atom stereocenters. The van der Waals surface area contributed by atoms with Gasteiger partial charge in [-0.15, -0.1) is 0 Å². The van der Waals surface area contributed by atoms with Gasteiger partial charge in [0.2, 0.25) is 5.91 Å². The Kier molecular flexibility index (Phi) is 4.98. The van der Waals surface area contributed by atoms with Crippen LogP contribution in [0.15, 0.2) is 46.9 Å². The van der Waals surface area contributed by atoms with Gasteiger partial charge in [-0.2, -0.15) is 0 Å². The summed E-state index contributed by atoms with van der Waals surface area (Å²) in [5.41, 5.74) is 0.773. The zero-order valence-electron chi connectivity index (χ0n) is 10.3. The van der Waals surface area contributed by atoms with Crippen LogP contribution in [-0.4, -0.2) is 12.5 Å². The fraction of sp³-hybridized carbons (Fsp3) is 0.0714. The van der Waals surface area contributed by atoms with E-state index in [-0.39, 0.29) is 23.2 Å². The van der Waals surface area contributed by atoms with Crippen LogP contribution in [0.2, 0.25) is 5.02 Å². The number of halogens is 3. The summed E-state index contributed by atoms with van der Waals surface area (Å²) in [6, 6.07) is 11.6. The van der Waals surface area contributed by atoms with E-state index in [0.29, 0.717) is 5.69 Å². The van der Waals surface area contributed by atoms with E-state index in [1.165, 1.54) is 12.1 Å². The van der Waals surface area contributed by atoms with Crippen LogP contribution in [0, 0.1) is 5.82 Å². The molecule has 20 heavy (non-hydrogen) atoms. The number of carbonyl (C=O) groups excluding carboxylic acids is 1. The van der Waals surface area contributed by atoms with Gasteiger partial charge in [0.05, 0.1) is 22.9 Å². The third-order valence-corrected chi connectivity index (χ3v) is 3.54. The zero-order valence-corrected chi connectivity index (χ0v) is 12.6. The number of hydrogen-bond acceptors (Lipinski definition) is 2. The molecular weight excluding hydrogens is 347 g/mol. The molecule has 2 rings (SSSR count). The fourth-order valence-electron chi connectivity index (χ4n) is 1.59. The Morgan fingerprint density at radius 1 is 1.20 bits per heavy atom. The Balaban J connectivity index is 1.98. The van der Waals surface area contributed by atoms with Crippen molar-refractivity contribution in [2.24, 2.45) is 0 Å². The summed E-state index contributed by atoms with van der Waals surface area (Å²) >= 11 is 9.18. The molecule has 104 valence electrons. The lowest BCUT2D eigenvalue weighted by Gasteiger charge is -2.10. The monoisotopic (exact) mass is 356 g/mol. The first kappa shape index (κ1) is 14.8. The smallest absolute Gasteiger partial charge is 0.243 e. The van der Waals surface area contributed by atoms with Gasteiger partial charge >= 0.3 is 0 Å². The Bertz CT molecular complexity index is 616. The van der Waals surface area contributed by atoms with E-state index in [0.717, 1.165) is 4.47 Å². The van der Waals surface area contributed by atoms with E-state index in [1.807, 2.05) is 18.2 Å². The standard InChI is InChI=1S/C14H11BrClFN2O/c15-9-4-1-2-7-12(9)19-13(20)8-18-14-10(16)5-3-6-11(14)17/h1-7,18H,8H2,(H,19,20). The van der Waals surface area contributed by atoms with Crippen molar-refractivity contribution in [1.29, 1.82) is 0 Å². The van der Waals surface area contributed by atoms with Crippen molar-refractivity contribution in [1.82, 2.24) is 0 Å². The van der Waals surface area contributed by atoms with Crippen molar-refractivity contribution in [2.75, 3.05) is 17.2 Å². The largest absolute Gasteiger partial charge is 0.373 e. The highest BCUT2D eigenvalue weighted by Gasteiger charge is 2.09. The minimum Gasteiger partial charge on any atom is -0.373 e. The number of hydrogen-bond donors (Lipinski definition) is 2. The van der Waals surface area contributed by atoms with Crippen LogP contribution in [0.5, 0.6) is 0 Å². The van der Waals surface area contributed by atoms with Crippen LogP contribution in [0.4, 0.5) is 15.8 Å². The predicted octanol–water partition coefficient (Wildman–Crippen LogP) is 4.29. The highest BCUT2D eigenvalue weighted by atomic mass is 79.9. The van der Waals surface area contributed by atoms with Gasteiger partial charge < -0.3 is 10.6 Å². The first-order chi connectivity index (χ1) is 9.58. The molecule has 3 nitrogen and oxygen atoms in total. The Labute approximate surface area is 129 Å². The maximum Gasteiger partial charge on any atom is 0.243 e. The molecule has 2 aromatic carbocycles. The van der Waals surface area contributed by atoms with Gasteiger partial charge in [0.1, 0.15) is 5.82 Å². The third kappa shape index (κ3) is 3.71. The second kappa shape index (κ2) is 6.72. The lowest BCUT2D eigenvalue weighted by atomic mass is 10.3. The molecule has 0 fully saturated rings. The van der Waals surface area contributed by atoms with Crippen LogP contribution in [0.3, 0.4) is 0 Å². The average molecular weight is 358 g/mol. The van der Waals surface area contributed by atoms with Crippen LogP contribution >= 0.6 is 27.5 Å². The molecule has 1 amide bonds. The quantitative estimate of drug-likeness (QED) is 0.857. The SMILES string of the molecule is O=C(CNc1c(F)cccc1Cl)Nc1ccccc1Br. The molecule has 0 saturated carbocycles. The molecule has 2 N–H and O–H groups in total. The lowest BCUT2D eigenvalue weighted by molar-refractivity contribution is -0.114. The molecule has 0 aliphatic heterocycles. The third-order valence-electron chi connectivity index (χ3n) is 2.54. The molecule has 0 saturated heterocycles. The number of para-hydroxylation sites is 2. The number of anilines is 2. The van der Waals surface area contributed by atoms with Crippen LogP contribution in [0.1, 0.15) is 0 Å². The van der Waals surface area contributed by atoms with Gasteiger partial charge in [-0.05, 0) is 40.2 Å². The summed E-state index contributed by atoms with van der Waals surface area (Å²) in [5, 5.41) is 5.63.